The van der Waals surface area contributed by atoms with Crippen LogP contribution in [0.4, 0.5) is 11.4 Å². The number of ether oxygens (including phenoxy) is 2. The van der Waals surface area contributed by atoms with Crippen molar-refractivity contribution >= 4 is 38.9 Å². The zero-order chi connectivity index (χ0) is 24.0. The molecule has 0 aliphatic heterocycles. The first kappa shape index (κ1) is 24.4. The third-order valence-corrected chi connectivity index (χ3v) is 6.56. The third-order valence-electron chi connectivity index (χ3n) is 4.77. The molecular formula is C24H25ClN2O5S. The summed E-state index contributed by atoms with van der Waals surface area (Å²) in [6.45, 7) is 5.69. The molecule has 9 heteroatoms. The van der Waals surface area contributed by atoms with E-state index in [-0.39, 0.29) is 17.4 Å². The average molecular weight is 489 g/mol. The minimum atomic E-state index is -3.80. The maximum atomic E-state index is 12.7. The van der Waals surface area contributed by atoms with E-state index < -0.39 is 10.0 Å². The Bertz CT molecular complexity index is 1240. The molecule has 0 radical (unpaired) electrons. The molecule has 1 amide bonds. The molecule has 0 saturated heterocycles. The van der Waals surface area contributed by atoms with Crippen LogP contribution < -0.4 is 19.5 Å². The highest BCUT2D eigenvalue weighted by Crippen LogP contribution is 2.25. The highest BCUT2D eigenvalue weighted by molar-refractivity contribution is 7.92. The van der Waals surface area contributed by atoms with E-state index in [1.165, 1.54) is 18.2 Å². The van der Waals surface area contributed by atoms with E-state index in [0.717, 1.165) is 5.56 Å². The molecule has 2 N–H and O–H groups in total. The number of anilines is 2. The maximum absolute atomic E-state index is 12.7. The Labute approximate surface area is 198 Å². The van der Waals surface area contributed by atoms with Crippen molar-refractivity contribution < 1.29 is 22.7 Å². The second kappa shape index (κ2) is 10.6. The summed E-state index contributed by atoms with van der Waals surface area (Å²) in [4.78, 5) is 12.3. The number of rotatable bonds is 9. The van der Waals surface area contributed by atoms with Gasteiger partial charge in [0.1, 0.15) is 11.5 Å². The lowest BCUT2D eigenvalue weighted by atomic mass is 10.2. The third kappa shape index (κ3) is 6.40. The summed E-state index contributed by atoms with van der Waals surface area (Å²) in [6, 6.07) is 16.3. The Kier molecular flexibility index (Phi) is 7.84. The summed E-state index contributed by atoms with van der Waals surface area (Å²) in [5.74, 6) is 0.717. The number of nitrogens with one attached hydrogen (secondary N) is 2. The molecule has 0 aliphatic carbocycles. The topological polar surface area (TPSA) is 93.7 Å². The van der Waals surface area contributed by atoms with Gasteiger partial charge in [0, 0.05) is 16.4 Å². The largest absolute Gasteiger partial charge is 0.494 e. The van der Waals surface area contributed by atoms with Crippen LogP contribution in [0.25, 0.3) is 0 Å². The summed E-state index contributed by atoms with van der Waals surface area (Å²) < 4.78 is 39.0. The van der Waals surface area contributed by atoms with Gasteiger partial charge in [-0.05, 0) is 86.5 Å². The number of halogens is 1. The van der Waals surface area contributed by atoms with Crippen LogP contribution in [-0.4, -0.2) is 27.5 Å². The summed E-state index contributed by atoms with van der Waals surface area (Å²) in [5.41, 5.74) is 2.37. The van der Waals surface area contributed by atoms with E-state index in [2.05, 4.69) is 10.0 Å². The van der Waals surface area contributed by atoms with E-state index in [4.69, 9.17) is 21.1 Å². The van der Waals surface area contributed by atoms with Crippen LogP contribution in [0.1, 0.15) is 18.1 Å². The van der Waals surface area contributed by atoms with E-state index in [1.807, 2.05) is 13.8 Å². The molecule has 0 aromatic heterocycles. The predicted molar refractivity (Wildman–Crippen MR) is 130 cm³/mol. The number of hydrogen-bond donors (Lipinski definition) is 2. The van der Waals surface area contributed by atoms with Crippen LogP contribution >= 0.6 is 11.6 Å². The van der Waals surface area contributed by atoms with Gasteiger partial charge in [-0.25, -0.2) is 8.42 Å². The van der Waals surface area contributed by atoms with Gasteiger partial charge in [-0.15, -0.1) is 0 Å². The second-order valence-corrected chi connectivity index (χ2v) is 9.33. The van der Waals surface area contributed by atoms with Crippen LogP contribution in [-0.2, 0) is 14.8 Å². The van der Waals surface area contributed by atoms with E-state index >= 15 is 0 Å². The Morgan fingerprint density at radius 1 is 1.00 bits per heavy atom. The van der Waals surface area contributed by atoms with E-state index in [0.29, 0.717) is 40.1 Å². The van der Waals surface area contributed by atoms with Crippen LogP contribution in [0.5, 0.6) is 11.5 Å². The van der Waals surface area contributed by atoms with Crippen LogP contribution in [0, 0.1) is 13.8 Å². The number of hydrogen-bond acceptors (Lipinski definition) is 5. The van der Waals surface area contributed by atoms with E-state index in [9.17, 15) is 13.2 Å². The molecule has 0 fully saturated rings. The van der Waals surface area contributed by atoms with Crippen molar-refractivity contribution in [1.29, 1.82) is 0 Å². The van der Waals surface area contributed by atoms with Gasteiger partial charge in [-0.2, -0.15) is 0 Å². The number of carbonyl (C=O) groups excluding carboxylic acids is 1. The monoisotopic (exact) mass is 488 g/mol. The molecule has 3 aromatic carbocycles. The first-order valence-corrected chi connectivity index (χ1v) is 12.1. The molecule has 3 rings (SSSR count). The number of benzene rings is 3. The van der Waals surface area contributed by atoms with Crippen LogP contribution in [0.3, 0.4) is 0 Å². The smallest absolute Gasteiger partial charge is 0.262 e. The molecule has 0 bridgehead atoms. The standard InChI is InChI=1S/C24H25ClN2O5S/c1-4-31-19-10-8-18(9-11-19)27-33(29,30)20-12-13-23(16(2)14-20)32-15-24(28)26-22-7-5-6-21(25)17(22)3/h5-14,27H,4,15H2,1-3H3,(H,26,28). The summed E-state index contributed by atoms with van der Waals surface area (Å²) in [7, 11) is -3.80. The second-order valence-electron chi connectivity index (χ2n) is 7.24. The van der Waals surface area contributed by atoms with Crippen LogP contribution in [0.15, 0.2) is 65.6 Å². The first-order valence-electron chi connectivity index (χ1n) is 10.2. The minimum Gasteiger partial charge on any atom is -0.494 e. The molecule has 0 unspecified atom stereocenters. The molecule has 174 valence electrons. The fourth-order valence-corrected chi connectivity index (χ4v) is 4.34. The molecular weight excluding hydrogens is 464 g/mol. The van der Waals surface area contributed by atoms with E-state index in [1.54, 1.807) is 49.4 Å². The highest BCUT2D eigenvalue weighted by Gasteiger charge is 2.16. The van der Waals surface area contributed by atoms with Crippen molar-refractivity contribution in [2.75, 3.05) is 23.3 Å². The summed E-state index contributed by atoms with van der Waals surface area (Å²) >= 11 is 6.07. The number of carbonyl (C=O) groups is 1. The fraction of sp³-hybridized carbons (Fsp3) is 0.208. The zero-order valence-corrected chi connectivity index (χ0v) is 20.1. The Morgan fingerprint density at radius 2 is 1.73 bits per heavy atom. The van der Waals surface area contributed by atoms with Gasteiger partial charge in [-0.3, -0.25) is 9.52 Å². The van der Waals surface area contributed by atoms with Gasteiger partial charge in [0.25, 0.3) is 15.9 Å². The minimum absolute atomic E-state index is 0.0836. The lowest BCUT2D eigenvalue weighted by molar-refractivity contribution is -0.118. The van der Waals surface area contributed by atoms with Gasteiger partial charge < -0.3 is 14.8 Å². The zero-order valence-electron chi connectivity index (χ0n) is 18.5. The molecule has 0 spiro atoms. The molecule has 0 atom stereocenters. The molecule has 3 aromatic rings. The van der Waals surface area contributed by atoms with Crippen molar-refractivity contribution in [3.8, 4) is 11.5 Å². The molecule has 7 nitrogen and oxygen atoms in total. The average Bonchev–Trinajstić information content (AvgIpc) is 2.77. The quantitative estimate of drug-likeness (QED) is 0.433. The predicted octanol–water partition coefficient (Wildman–Crippen LogP) is 5.17. The molecule has 33 heavy (non-hydrogen) atoms. The summed E-state index contributed by atoms with van der Waals surface area (Å²) in [6.07, 6.45) is 0. The van der Waals surface area contributed by atoms with Crippen molar-refractivity contribution in [1.82, 2.24) is 0 Å². The van der Waals surface area contributed by atoms with Gasteiger partial charge in [0.15, 0.2) is 6.61 Å². The van der Waals surface area contributed by atoms with Crippen molar-refractivity contribution in [3.05, 3.63) is 76.8 Å². The molecule has 0 aliphatic rings. The van der Waals surface area contributed by atoms with Gasteiger partial charge in [0.05, 0.1) is 11.5 Å². The highest BCUT2D eigenvalue weighted by atomic mass is 35.5. The van der Waals surface area contributed by atoms with Gasteiger partial charge >= 0.3 is 0 Å². The van der Waals surface area contributed by atoms with Crippen LogP contribution in [0.2, 0.25) is 5.02 Å². The van der Waals surface area contributed by atoms with Crippen molar-refractivity contribution in [2.24, 2.45) is 0 Å². The fourth-order valence-electron chi connectivity index (χ4n) is 3.02. The van der Waals surface area contributed by atoms with Crippen molar-refractivity contribution in [2.45, 2.75) is 25.7 Å². The van der Waals surface area contributed by atoms with Crippen molar-refractivity contribution in [3.63, 3.8) is 0 Å². The Morgan fingerprint density at radius 3 is 2.39 bits per heavy atom. The summed E-state index contributed by atoms with van der Waals surface area (Å²) in [5, 5.41) is 3.31. The molecule has 0 saturated carbocycles. The Balaban J connectivity index is 1.63. The number of sulfonamides is 1. The lowest BCUT2D eigenvalue weighted by Gasteiger charge is -2.13. The van der Waals surface area contributed by atoms with Gasteiger partial charge in [0.2, 0.25) is 0 Å². The SMILES string of the molecule is CCOc1ccc(NS(=O)(=O)c2ccc(OCC(=O)Nc3cccc(Cl)c3C)c(C)c2)cc1. The normalized spacial score (nSPS) is 11.0. The number of aryl methyl sites for hydroxylation is 1. The Hall–Kier alpha value is -3.23. The number of amides is 1. The molecule has 0 heterocycles. The lowest BCUT2D eigenvalue weighted by Crippen LogP contribution is -2.21. The maximum Gasteiger partial charge on any atom is 0.262 e. The first-order chi connectivity index (χ1) is 15.7. The van der Waals surface area contributed by atoms with Gasteiger partial charge in [-0.1, -0.05) is 17.7 Å².